The van der Waals surface area contributed by atoms with Gasteiger partial charge in [0.25, 0.3) is 0 Å². The summed E-state index contributed by atoms with van der Waals surface area (Å²) in [5, 5.41) is 12.3. The van der Waals surface area contributed by atoms with Gasteiger partial charge >= 0.3 is 5.97 Å². The third-order valence-corrected chi connectivity index (χ3v) is 3.99. The summed E-state index contributed by atoms with van der Waals surface area (Å²) in [6, 6.07) is -0.405. The van der Waals surface area contributed by atoms with Crippen LogP contribution in [0.2, 0.25) is 0 Å². The Hall–Kier alpha value is -0.260. The zero-order valence-corrected chi connectivity index (χ0v) is 9.89. The van der Waals surface area contributed by atoms with E-state index in [0.29, 0.717) is 11.7 Å². The van der Waals surface area contributed by atoms with Gasteiger partial charge in [-0.1, -0.05) is 0 Å². The molecule has 0 aromatic carbocycles. The molecule has 0 bridgehead atoms. The summed E-state index contributed by atoms with van der Waals surface area (Å²) in [5.74, 6) is 0.146. The van der Waals surface area contributed by atoms with Crippen LogP contribution in [0.1, 0.15) is 19.3 Å². The molecule has 2 N–H and O–H groups in total. The summed E-state index contributed by atoms with van der Waals surface area (Å²) in [6.07, 6.45) is 2.89. The number of hydrogen-bond donors (Lipinski definition) is 2. The van der Waals surface area contributed by atoms with Gasteiger partial charge in [-0.15, -0.1) is 0 Å². The molecule has 1 aliphatic rings. The maximum absolute atomic E-state index is 10.7. The lowest BCUT2D eigenvalue weighted by molar-refractivity contribution is -0.139. The van der Waals surface area contributed by atoms with E-state index in [9.17, 15) is 4.79 Å². The van der Waals surface area contributed by atoms with Crippen LogP contribution in [0.3, 0.4) is 0 Å². The lowest BCUT2D eigenvalue weighted by atomic mass is 10.2. The topological polar surface area (TPSA) is 58.6 Å². The number of aliphatic carboxylic acids is 1. The Labute approximate surface area is 94.8 Å². The molecule has 0 spiro atoms. The highest BCUT2D eigenvalue weighted by Gasteiger charge is 2.17. The van der Waals surface area contributed by atoms with Crippen LogP contribution in [0.5, 0.6) is 0 Å². The van der Waals surface area contributed by atoms with Crippen LogP contribution >= 0.6 is 11.8 Å². The molecule has 1 heterocycles. The number of carboxylic acids is 1. The Kier molecular flexibility index (Phi) is 6.05. The van der Waals surface area contributed by atoms with Gasteiger partial charge in [-0.05, 0) is 32.1 Å². The van der Waals surface area contributed by atoms with Crippen LogP contribution in [-0.2, 0) is 9.53 Å². The number of carbonyl (C=O) groups is 1. The Bertz CT molecular complexity index is 195. The molecule has 1 rings (SSSR count). The van der Waals surface area contributed by atoms with Crippen LogP contribution in [0.4, 0.5) is 0 Å². The fraction of sp³-hybridized carbons (Fsp3) is 0.900. The number of ether oxygens (including phenoxy) is 1. The standard InChI is InChI=1S/C10H19NO3S/c1-11-9(10(12)13)4-7-15-8-2-5-14-6-3-8/h8-9,11H,2-7H2,1H3,(H,12,13). The van der Waals surface area contributed by atoms with Crippen molar-refractivity contribution in [3.63, 3.8) is 0 Å². The van der Waals surface area contributed by atoms with E-state index in [4.69, 9.17) is 9.84 Å². The van der Waals surface area contributed by atoms with Crippen molar-refractivity contribution in [2.45, 2.75) is 30.6 Å². The minimum Gasteiger partial charge on any atom is -0.480 e. The average molecular weight is 233 g/mol. The molecule has 1 fully saturated rings. The SMILES string of the molecule is CNC(CCSC1CCOCC1)C(=O)O. The molecule has 0 aromatic heterocycles. The average Bonchev–Trinajstić information content (AvgIpc) is 2.25. The van der Waals surface area contributed by atoms with Crippen molar-refractivity contribution in [2.24, 2.45) is 0 Å². The van der Waals surface area contributed by atoms with Gasteiger partial charge in [-0.25, -0.2) is 0 Å². The van der Waals surface area contributed by atoms with E-state index < -0.39 is 12.0 Å². The number of thioether (sulfide) groups is 1. The third-order valence-electron chi connectivity index (χ3n) is 2.57. The molecule has 1 aliphatic heterocycles. The Morgan fingerprint density at radius 3 is 2.80 bits per heavy atom. The number of likely N-dealkylation sites (N-methyl/N-ethyl adjacent to an activating group) is 1. The zero-order valence-electron chi connectivity index (χ0n) is 9.07. The number of rotatable bonds is 6. The molecule has 4 nitrogen and oxygen atoms in total. The maximum Gasteiger partial charge on any atom is 0.320 e. The molecule has 88 valence electrons. The monoisotopic (exact) mass is 233 g/mol. The van der Waals surface area contributed by atoms with E-state index in [2.05, 4.69) is 5.32 Å². The normalized spacial score (nSPS) is 20.1. The Morgan fingerprint density at radius 2 is 2.27 bits per heavy atom. The van der Waals surface area contributed by atoms with E-state index in [1.807, 2.05) is 11.8 Å². The fourth-order valence-electron chi connectivity index (χ4n) is 1.59. The van der Waals surface area contributed by atoms with Crippen LogP contribution in [0.25, 0.3) is 0 Å². The predicted molar refractivity (Wildman–Crippen MR) is 61.4 cm³/mol. The number of nitrogens with one attached hydrogen (secondary N) is 1. The summed E-state index contributed by atoms with van der Waals surface area (Å²) < 4.78 is 5.27. The van der Waals surface area contributed by atoms with Crippen LogP contribution < -0.4 is 5.32 Å². The van der Waals surface area contributed by atoms with Gasteiger partial charge in [0.1, 0.15) is 6.04 Å². The van der Waals surface area contributed by atoms with Crippen molar-refractivity contribution in [1.82, 2.24) is 5.32 Å². The molecule has 0 saturated carbocycles. The van der Waals surface area contributed by atoms with Gasteiger partial charge in [0.05, 0.1) is 0 Å². The fourth-order valence-corrected chi connectivity index (χ4v) is 2.82. The minimum atomic E-state index is -0.759. The highest BCUT2D eigenvalue weighted by Crippen LogP contribution is 2.22. The van der Waals surface area contributed by atoms with Crippen LogP contribution in [0.15, 0.2) is 0 Å². The van der Waals surface area contributed by atoms with E-state index in [-0.39, 0.29) is 0 Å². The molecule has 0 radical (unpaired) electrons. The molecule has 15 heavy (non-hydrogen) atoms. The molecule has 0 aromatic rings. The quantitative estimate of drug-likeness (QED) is 0.715. The first kappa shape index (κ1) is 12.8. The van der Waals surface area contributed by atoms with Gasteiger partial charge in [0.15, 0.2) is 0 Å². The van der Waals surface area contributed by atoms with E-state index in [1.165, 1.54) is 0 Å². The predicted octanol–water partition coefficient (Wildman–Crippen LogP) is 0.961. The second-order valence-electron chi connectivity index (χ2n) is 3.65. The largest absolute Gasteiger partial charge is 0.480 e. The molecule has 0 aliphatic carbocycles. The molecular weight excluding hydrogens is 214 g/mol. The first-order chi connectivity index (χ1) is 7.24. The first-order valence-electron chi connectivity index (χ1n) is 5.33. The van der Waals surface area contributed by atoms with Crippen molar-refractivity contribution in [3.8, 4) is 0 Å². The van der Waals surface area contributed by atoms with Crippen LogP contribution in [0, 0.1) is 0 Å². The second-order valence-corrected chi connectivity index (χ2v) is 5.06. The number of carboxylic acid groups (broad SMARTS) is 1. The van der Waals surface area contributed by atoms with Crippen LogP contribution in [-0.4, -0.2) is 48.4 Å². The molecule has 0 amide bonds. The minimum absolute atomic E-state index is 0.405. The van der Waals surface area contributed by atoms with Crippen molar-refractivity contribution in [1.29, 1.82) is 0 Å². The molecule has 5 heteroatoms. The summed E-state index contributed by atoms with van der Waals surface area (Å²) in [4.78, 5) is 10.7. The third kappa shape index (κ3) is 4.86. The Morgan fingerprint density at radius 1 is 1.60 bits per heavy atom. The summed E-state index contributed by atoms with van der Waals surface area (Å²) >= 11 is 1.88. The number of hydrogen-bond acceptors (Lipinski definition) is 4. The smallest absolute Gasteiger partial charge is 0.320 e. The van der Waals surface area contributed by atoms with Gasteiger partial charge in [-0.2, -0.15) is 11.8 Å². The van der Waals surface area contributed by atoms with E-state index >= 15 is 0 Å². The lowest BCUT2D eigenvalue weighted by Gasteiger charge is -2.22. The van der Waals surface area contributed by atoms with E-state index in [1.54, 1.807) is 7.05 Å². The maximum atomic E-state index is 10.7. The zero-order chi connectivity index (χ0) is 11.1. The highest BCUT2D eigenvalue weighted by atomic mass is 32.2. The first-order valence-corrected chi connectivity index (χ1v) is 6.38. The lowest BCUT2D eigenvalue weighted by Crippen LogP contribution is -2.34. The van der Waals surface area contributed by atoms with Gasteiger partial charge in [0, 0.05) is 18.5 Å². The summed E-state index contributed by atoms with van der Waals surface area (Å²) in [7, 11) is 1.69. The van der Waals surface area contributed by atoms with E-state index in [0.717, 1.165) is 31.8 Å². The Balaban J connectivity index is 2.11. The molecule has 1 atom stereocenters. The summed E-state index contributed by atoms with van der Waals surface area (Å²) in [6.45, 7) is 1.71. The van der Waals surface area contributed by atoms with Gasteiger partial charge < -0.3 is 15.2 Å². The van der Waals surface area contributed by atoms with Crippen molar-refractivity contribution in [3.05, 3.63) is 0 Å². The molecule has 1 saturated heterocycles. The molecular formula is C10H19NO3S. The van der Waals surface area contributed by atoms with Crippen molar-refractivity contribution < 1.29 is 14.6 Å². The van der Waals surface area contributed by atoms with Gasteiger partial charge in [-0.3, -0.25) is 4.79 Å². The van der Waals surface area contributed by atoms with Crippen molar-refractivity contribution in [2.75, 3.05) is 26.0 Å². The highest BCUT2D eigenvalue weighted by molar-refractivity contribution is 7.99. The second kappa shape index (κ2) is 7.09. The van der Waals surface area contributed by atoms with Crippen molar-refractivity contribution >= 4 is 17.7 Å². The summed E-state index contributed by atoms with van der Waals surface area (Å²) in [5.41, 5.74) is 0. The molecule has 1 unspecified atom stereocenters. The van der Waals surface area contributed by atoms with Gasteiger partial charge in [0.2, 0.25) is 0 Å².